The van der Waals surface area contributed by atoms with E-state index in [1.54, 1.807) is 0 Å². The minimum atomic E-state index is -0.765. The van der Waals surface area contributed by atoms with Gasteiger partial charge in [0.15, 0.2) is 0 Å². The van der Waals surface area contributed by atoms with Crippen LogP contribution in [-0.2, 0) is 22.6 Å². The number of hydrogen-bond donors (Lipinski definition) is 3. The Labute approximate surface area is 182 Å². The maximum atomic E-state index is 13.2. The molecule has 0 fully saturated rings. The van der Waals surface area contributed by atoms with Crippen molar-refractivity contribution in [3.63, 3.8) is 0 Å². The summed E-state index contributed by atoms with van der Waals surface area (Å²) in [7, 11) is 0. The fourth-order valence-corrected chi connectivity index (χ4v) is 3.95. The maximum absolute atomic E-state index is 13.2. The number of nitrogens with one attached hydrogen (secondary N) is 3. The summed E-state index contributed by atoms with van der Waals surface area (Å²) < 4.78 is 0. The Hall–Kier alpha value is -3.44. The lowest BCUT2D eigenvalue weighted by Crippen LogP contribution is -2.51. The van der Waals surface area contributed by atoms with Crippen LogP contribution in [0.4, 0.5) is 0 Å². The lowest BCUT2D eigenvalue weighted by molar-refractivity contribution is -0.130. The van der Waals surface area contributed by atoms with Crippen LogP contribution >= 0.6 is 0 Å². The van der Waals surface area contributed by atoms with Crippen LogP contribution in [0.25, 0.3) is 0 Å². The molecule has 1 heterocycles. The number of carbonyl (C=O) groups excluding carboxylic acids is 2. The Morgan fingerprint density at radius 3 is 2.06 bits per heavy atom. The largest absolute Gasteiger partial charge is 0.347 e. The smallest absolute Gasteiger partial charge is 0.247 e. The third-order valence-electron chi connectivity index (χ3n) is 5.74. The Kier molecular flexibility index (Phi) is 6.43. The van der Waals surface area contributed by atoms with E-state index >= 15 is 0 Å². The van der Waals surface area contributed by atoms with Gasteiger partial charge in [0.1, 0.15) is 6.04 Å². The second kappa shape index (κ2) is 9.58. The van der Waals surface area contributed by atoms with E-state index in [2.05, 4.69) is 28.1 Å². The van der Waals surface area contributed by atoms with Gasteiger partial charge in [-0.2, -0.15) is 0 Å². The Morgan fingerprint density at radius 2 is 1.39 bits per heavy atom. The fourth-order valence-electron chi connectivity index (χ4n) is 3.95. The summed E-state index contributed by atoms with van der Waals surface area (Å²) in [6.45, 7) is 2.58. The molecule has 3 aromatic carbocycles. The average Bonchev–Trinajstić information content (AvgIpc) is 2.83. The highest BCUT2D eigenvalue weighted by Gasteiger charge is 2.29. The molecule has 5 heteroatoms. The molecule has 158 valence electrons. The first-order valence-corrected chi connectivity index (χ1v) is 10.6. The van der Waals surface area contributed by atoms with E-state index in [9.17, 15) is 9.59 Å². The lowest BCUT2D eigenvalue weighted by Gasteiger charge is -2.28. The standard InChI is InChI=1S/C26H27N3O2/c1-18(19-10-4-2-5-11-19)28-26(31)24(20-12-6-3-7-13-20)29-25(30)23-16-21-14-8-9-15-22(21)17-27-23/h2-15,18,23-24,27H,16-17H2,1H3,(H,28,31)(H,29,30). The van der Waals surface area contributed by atoms with E-state index in [4.69, 9.17) is 0 Å². The minimum Gasteiger partial charge on any atom is -0.347 e. The van der Waals surface area contributed by atoms with E-state index in [-0.39, 0.29) is 23.9 Å². The number of amides is 2. The van der Waals surface area contributed by atoms with Crippen molar-refractivity contribution in [3.8, 4) is 0 Å². The zero-order valence-corrected chi connectivity index (χ0v) is 17.5. The first-order chi connectivity index (χ1) is 15.1. The van der Waals surface area contributed by atoms with Crippen LogP contribution in [0.5, 0.6) is 0 Å². The summed E-state index contributed by atoms with van der Waals surface area (Å²) in [5.74, 6) is -0.405. The van der Waals surface area contributed by atoms with Crippen LogP contribution in [-0.4, -0.2) is 17.9 Å². The molecule has 0 aliphatic carbocycles. The SMILES string of the molecule is CC(NC(=O)C(NC(=O)C1Cc2ccccc2CN1)c1ccccc1)c1ccccc1. The summed E-state index contributed by atoms with van der Waals surface area (Å²) in [5, 5.41) is 9.32. The Morgan fingerprint density at radius 1 is 0.806 bits per heavy atom. The van der Waals surface area contributed by atoms with Gasteiger partial charge in [-0.25, -0.2) is 0 Å². The molecule has 2 amide bonds. The van der Waals surface area contributed by atoms with Gasteiger partial charge in [-0.05, 0) is 35.6 Å². The third-order valence-corrected chi connectivity index (χ3v) is 5.74. The van der Waals surface area contributed by atoms with E-state index in [0.29, 0.717) is 13.0 Å². The van der Waals surface area contributed by atoms with Crippen LogP contribution in [0.3, 0.4) is 0 Å². The molecular formula is C26H27N3O2. The molecule has 3 N–H and O–H groups in total. The Balaban J connectivity index is 1.49. The van der Waals surface area contributed by atoms with E-state index < -0.39 is 6.04 Å². The molecule has 3 atom stereocenters. The second-order valence-electron chi connectivity index (χ2n) is 7.90. The molecule has 4 rings (SSSR count). The first-order valence-electron chi connectivity index (χ1n) is 10.6. The van der Waals surface area contributed by atoms with Crippen molar-refractivity contribution in [1.29, 1.82) is 0 Å². The van der Waals surface area contributed by atoms with Gasteiger partial charge in [0, 0.05) is 6.54 Å². The van der Waals surface area contributed by atoms with Gasteiger partial charge < -0.3 is 16.0 Å². The molecule has 0 saturated carbocycles. The van der Waals surface area contributed by atoms with Gasteiger partial charge in [0.05, 0.1) is 12.1 Å². The summed E-state index contributed by atoms with van der Waals surface area (Å²) >= 11 is 0. The summed E-state index contributed by atoms with van der Waals surface area (Å²) in [5.41, 5.74) is 4.14. The monoisotopic (exact) mass is 413 g/mol. The van der Waals surface area contributed by atoms with Gasteiger partial charge in [0.25, 0.3) is 0 Å². The van der Waals surface area contributed by atoms with Crippen LogP contribution in [0, 0.1) is 0 Å². The molecular weight excluding hydrogens is 386 g/mol. The average molecular weight is 414 g/mol. The lowest BCUT2D eigenvalue weighted by atomic mass is 9.95. The molecule has 3 aromatic rings. The number of benzene rings is 3. The van der Waals surface area contributed by atoms with Crippen LogP contribution in [0.15, 0.2) is 84.9 Å². The highest BCUT2D eigenvalue weighted by molar-refractivity contribution is 5.91. The molecule has 5 nitrogen and oxygen atoms in total. The van der Waals surface area contributed by atoms with Crippen molar-refractivity contribution in [1.82, 2.24) is 16.0 Å². The van der Waals surface area contributed by atoms with E-state index in [1.165, 1.54) is 11.1 Å². The van der Waals surface area contributed by atoms with Gasteiger partial charge in [-0.15, -0.1) is 0 Å². The number of hydrogen-bond acceptors (Lipinski definition) is 3. The fraction of sp³-hybridized carbons (Fsp3) is 0.231. The zero-order valence-electron chi connectivity index (χ0n) is 17.5. The zero-order chi connectivity index (χ0) is 21.6. The second-order valence-corrected chi connectivity index (χ2v) is 7.90. The van der Waals surface area contributed by atoms with Crippen molar-refractivity contribution in [3.05, 3.63) is 107 Å². The highest BCUT2D eigenvalue weighted by Crippen LogP contribution is 2.20. The van der Waals surface area contributed by atoms with E-state index in [1.807, 2.05) is 79.7 Å². The molecule has 0 spiro atoms. The van der Waals surface area contributed by atoms with Gasteiger partial charge >= 0.3 is 0 Å². The normalized spacial score (nSPS) is 17.1. The van der Waals surface area contributed by atoms with Crippen molar-refractivity contribution >= 4 is 11.8 Å². The number of fused-ring (bicyclic) bond motifs is 1. The predicted molar refractivity (Wildman–Crippen MR) is 121 cm³/mol. The van der Waals surface area contributed by atoms with Crippen molar-refractivity contribution < 1.29 is 9.59 Å². The van der Waals surface area contributed by atoms with E-state index in [0.717, 1.165) is 11.1 Å². The van der Waals surface area contributed by atoms with Crippen molar-refractivity contribution in [2.75, 3.05) is 0 Å². The number of carbonyl (C=O) groups is 2. The number of rotatable bonds is 6. The predicted octanol–water partition coefficient (Wildman–Crippen LogP) is 3.44. The van der Waals surface area contributed by atoms with Crippen LogP contribution in [0.2, 0.25) is 0 Å². The van der Waals surface area contributed by atoms with Gasteiger partial charge in [0.2, 0.25) is 11.8 Å². The summed E-state index contributed by atoms with van der Waals surface area (Å²) in [4.78, 5) is 26.3. The minimum absolute atomic E-state index is 0.170. The quantitative estimate of drug-likeness (QED) is 0.580. The van der Waals surface area contributed by atoms with Crippen molar-refractivity contribution in [2.24, 2.45) is 0 Å². The Bertz CT molecular complexity index is 1040. The van der Waals surface area contributed by atoms with Crippen LogP contribution < -0.4 is 16.0 Å². The maximum Gasteiger partial charge on any atom is 0.247 e. The third kappa shape index (κ3) is 5.01. The molecule has 3 unspecified atom stereocenters. The molecule has 1 aliphatic heterocycles. The molecule has 0 radical (unpaired) electrons. The summed E-state index contributed by atoms with van der Waals surface area (Å²) in [6.07, 6.45) is 0.603. The molecule has 31 heavy (non-hydrogen) atoms. The molecule has 0 saturated heterocycles. The van der Waals surface area contributed by atoms with Crippen LogP contribution in [0.1, 0.15) is 41.3 Å². The first kappa shape index (κ1) is 20.8. The molecule has 0 bridgehead atoms. The van der Waals surface area contributed by atoms with Crippen molar-refractivity contribution in [2.45, 2.75) is 38.0 Å². The van der Waals surface area contributed by atoms with Gasteiger partial charge in [-0.1, -0.05) is 84.9 Å². The topological polar surface area (TPSA) is 70.2 Å². The molecule has 1 aliphatic rings. The van der Waals surface area contributed by atoms with Gasteiger partial charge in [-0.3, -0.25) is 9.59 Å². The highest BCUT2D eigenvalue weighted by atomic mass is 16.2. The summed E-state index contributed by atoms with van der Waals surface area (Å²) in [6, 6.07) is 26.0. The molecule has 0 aromatic heterocycles.